The first-order valence-electron chi connectivity index (χ1n) is 9.32. The summed E-state index contributed by atoms with van der Waals surface area (Å²) in [5.74, 6) is -0.0318. The Hall–Kier alpha value is -3.42. The molecule has 1 saturated heterocycles. The van der Waals surface area contributed by atoms with Gasteiger partial charge in [-0.15, -0.1) is 0 Å². The van der Waals surface area contributed by atoms with E-state index in [-0.39, 0.29) is 18.0 Å². The number of nitrogens with one attached hydrogen (secondary N) is 2. The highest BCUT2D eigenvalue weighted by Crippen LogP contribution is 2.19. The van der Waals surface area contributed by atoms with Crippen LogP contribution >= 0.6 is 0 Å². The van der Waals surface area contributed by atoms with Crippen LogP contribution in [0.3, 0.4) is 0 Å². The molecule has 4 rings (SSSR count). The summed E-state index contributed by atoms with van der Waals surface area (Å²) in [5, 5.41) is 6.81. The fourth-order valence-electron chi connectivity index (χ4n) is 3.26. The van der Waals surface area contributed by atoms with E-state index in [4.69, 9.17) is 0 Å². The molecular formula is C20H22N6O2. The first-order valence-corrected chi connectivity index (χ1v) is 9.32. The lowest BCUT2D eigenvalue weighted by molar-refractivity contribution is -0.117. The van der Waals surface area contributed by atoms with Gasteiger partial charge >= 0.3 is 0 Å². The molecule has 1 fully saturated rings. The summed E-state index contributed by atoms with van der Waals surface area (Å²) in [7, 11) is 0. The topological polar surface area (TPSA) is 95.9 Å². The Bertz CT molecular complexity index is 1030. The molecule has 144 valence electrons. The lowest BCUT2D eigenvalue weighted by atomic mass is 10.1. The van der Waals surface area contributed by atoms with Gasteiger partial charge in [0.15, 0.2) is 0 Å². The molecule has 0 unspecified atom stereocenters. The van der Waals surface area contributed by atoms with Crippen molar-refractivity contribution in [2.45, 2.75) is 26.3 Å². The molecule has 1 amide bonds. The zero-order valence-electron chi connectivity index (χ0n) is 15.7. The van der Waals surface area contributed by atoms with E-state index in [0.717, 1.165) is 47.6 Å². The molecule has 8 nitrogen and oxygen atoms in total. The largest absolute Gasteiger partial charge is 0.370 e. The summed E-state index contributed by atoms with van der Waals surface area (Å²) in [5.41, 5.74) is 3.48. The summed E-state index contributed by atoms with van der Waals surface area (Å²) in [4.78, 5) is 33.9. The van der Waals surface area contributed by atoms with Crippen LogP contribution in [-0.4, -0.2) is 38.7 Å². The number of aromatic nitrogens is 4. The third-order valence-corrected chi connectivity index (χ3v) is 4.82. The molecular weight excluding hydrogens is 356 g/mol. The molecule has 0 bridgehead atoms. The monoisotopic (exact) mass is 378 g/mol. The van der Waals surface area contributed by atoms with Gasteiger partial charge in [0.1, 0.15) is 6.54 Å². The second-order valence-corrected chi connectivity index (χ2v) is 6.96. The SMILES string of the molecule is Cc1ccc(-c2cnc(NC(=O)Cn3ncc(N4CCCC4)cc3=O)[nH]2)cc1. The summed E-state index contributed by atoms with van der Waals surface area (Å²) in [6.07, 6.45) is 5.55. The van der Waals surface area contributed by atoms with Gasteiger partial charge in [-0.2, -0.15) is 5.10 Å². The number of nitrogens with zero attached hydrogens (tertiary/aromatic N) is 4. The van der Waals surface area contributed by atoms with Crippen LogP contribution in [0.4, 0.5) is 11.6 Å². The number of carbonyl (C=O) groups excluding carboxylic acids is 1. The maximum atomic E-state index is 12.3. The molecule has 28 heavy (non-hydrogen) atoms. The molecule has 3 aromatic rings. The first kappa shape index (κ1) is 18.0. The van der Waals surface area contributed by atoms with E-state index < -0.39 is 0 Å². The summed E-state index contributed by atoms with van der Waals surface area (Å²) >= 11 is 0. The van der Waals surface area contributed by atoms with Gasteiger partial charge in [0, 0.05) is 19.2 Å². The number of H-pyrrole nitrogens is 1. The normalized spacial score (nSPS) is 13.7. The van der Waals surface area contributed by atoms with E-state index in [2.05, 4.69) is 25.3 Å². The second kappa shape index (κ2) is 7.67. The van der Waals surface area contributed by atoms with Gasteiger partial charge in [0.05, 0.1) is 23.8 Å². The van der Waals surface area contributed by atoms with E-state index in [9.17, 15) is 9.59 Å². The minimum absolute atomic E-state index is 0.167. The van der Waals surface area contributed by atoms with Gasteiger partial charge in [0.25, 0.3) is 5.56 Å². The summed E-state index contributed by atoms with van der Waals surface area (Å²) in [6.45, 7) is 3.73. The molecule has 1 aliphatic heterocycles. The van der Waals surface area contributed by atoms with E-state index >= 15 is 0 Å². The number of benzene rings is 1. The number of anilines is 2. The van der Waals surface area contributed by atoms with Crippen molar-refractivity contribution < 1.29 is 4.79 Å². The van der Waals surface area contributed by atoms with Crippen LogP contribution in [0.5, 0.6) is 0 Å². The van der Waals surface area contributed by atoms with Gasteiger partial charge in [-0.05, 0) is 25.3 Å². The molecule has 3 heterocycles. The van der Waals surface area contributed by atoms with Gasteiger partial charge < -0.3 is 9.88 Å². The number of aromatic amines is 1. The van der Waals surface area contributed by atoms with Crippen molar-refractivity contribution in [1.29, 1.82) is 0 Å². The maximum absolute atomic E-state index is 12.3. The van der Waals surface area contributed by atoms with E-state index in [1.165, 1.54) is 11.6 Å². The van der Waals surface area contributed by atoms with Crippen molar-refractivity contribution in [2.24, 2.45) is 0 Å². The van der Waals surface area contributed by atoms with Crippen LogP contribution in [0.25, 0.3) is 11.3 Å². The number of hydrogen-bond donors (Lipinski definition) is 2. The van der Waals surface area contributed by atoms with Gasteiger partial charge in [0.2, 0.25) is 11.9 Å². The zero-order chi connectivity index (χ0) is 19.5. The molecule has 0 spiro atoms. The minimum Gasteiger partial charge on any atom is -0.370 e. The molecule has 0 radical (unpaired) electrons. The molecule has 2 aromatic heterocycles. The Kier molecular flexibility index (Phi) is 4.92. The molecule has 0 saturated carbocycles. The van der Waals surface area contributed by atoms with Crippen molar-refractivity contribution in [3.05, 3.63) is 58.6 Å². The Morgan fingerprint density at radius 3 is 2.64 bits per heavy atom. The fraction of sp³-hybridized carbons (Fsp3) is 0.300. The van der Waals surface area contributed by atoms with E-state index in [1.54, 1.807) is 12.4 Å². The highest BCUT2D eigenvalue weighted by molar-refractivity contribution is 5.89. The average molecular weight is 378 g/mol. The predicted molar refractivity (Wildman–Crippen MR) is 107 cm³/mol. The summed E-state index contributed by atoms with van der Waals surface area (Å²) < 4.78 is 1.15. The smallest absolute Gasteiger partial charge is 0.269 e. The summed E-state index contributed by atoms with van der Waals surface area (Å²) in [6, 6.07) is 9.53. The fourth-order valence-corrected chi connectivity index (χ4v) is 3.26. The van der Waals surface area contributed by atoms with E-state index in [1.807, 2.05) is 31.2 Å². The molecule has 1 aliphatic rings. The van der Waals surface area contributed by atoms with Gasteiger partial charge in [-0.25, -0.2) is 9.67 Å². The average Bonchev–Trinajstić information content (AvgIpc) is 3.36. The van der Waals surface area contributed by atoms with E-state index in [0.29, 0.717) is 5.95 Å². The van der Waals surface area contributed by atoms with Crippen molar-refractivity contribution >= 4 is 17.5 Å². The predicted octanol–water partition coefficient (Wildman–Crippen LogP) is 2.18. The standard InChI is InChI=1S/C20H22N6O2/c1-14-4-6-15(7-5-14)17-12-21-20(23-17)24-18(27)13-26-19(28)10-16(11-22-26)25-8-2-3-9-25/h4-7,10-12H,2-3,8-9,13H2,1H3,(H2,21,23,24,27). The lowest BCUT2D eigenvalue weighted by Crippen LogP contribution is -2.30. The first-order chi connectivity index (χ1) is 13.6. The second-order valence-electron chi connectivity index (χ2n) is 6.96. The Morgan fingerprint density at radius 1 is 1.18 bits per heavy atom. The lowest BCUT2D eigenvalue weighted by Gasteiger charge is -2.16. The number of aryl methyl sites for hydroxylation is 1. The quantitative estimate of drug-likeness (QED) is 0.709. The van der Waals surface area contributed by atoms with Crippen molar-refractivity contribution in [3.8, 4) is 11.3 Å². The third kappa shape index (κ3) is 3.95. The molecule has 0 atom stereocenters. The third-order valence-electron chi connectivity index (χ3n) is 4.82. The number of amides is 1. The van der Waals surface area contributed by atoms with Crippen LogP contribution in [0.2, 0.25) is 0 Å². The van der Waals surface area contributed by atoms with Crippen LogP contribution in [0.15, 0.2) is 47.5 Å². The van der Waals surface area contributed by atoms with Crippen LogP contribution in [0, 0.1) is 6.92 Å². The number of hydrogen-bond acceptors (Lipinski definition) is 5. The molecule has 0 aliphatic carbocycles. The van der Waals surface area contributed by atoms with Crippen molar-refractivity contribution in [3.63, 3.8) is 0 Å². The Morgan fingerprint density at radius 2 is 1.93 bits per heavy atom. The number of imidazole rings is 1. The van der Waals surface area contributed by atoms with Gasteiger partial charge in [-0.3, -0.25) is 14.9 Å². The number of carbonyl (C=O) groups is 1. The minimum atomic E-state index is -0.367. The Labute approximate surface area is 162 Å². The molecule has 2 N–H and O–H groups in total. The number of rotatable bonds is 5. The Balaban J connectivity index is 1.40. The highest BCUT2D eigenvalue weighted by atomic mass is 16.2. The van der Waals surface area contributed by atoms with Crippen LogP contribution < -0.4 is 15.8 Å². The molecule has 8 heteroatoms. The van der Waals surface area contributed by atoms with Crippen molar-refractivity contribution in [1.82, 2.24) is 19.7 Å². The zero-order valence-corrected chi connectivity index (χ0v) is 15.7. The molecule has 1 aromatic carbocycles. The van der Waals surface area contributed by atoms with Crippen molar-refractivity contribution in [2.75, 3.05) is 23.3 Å². The maximum Gasteiger partial charge on any atom is 0.269 e. The van der Waals surface area contributed by atoms with Gasteiger partial charge in [-0.1, -0.05) is 29.8 Å². The highest BCUT2D eigenvalue weighted by Gasteiger charge is 2.15. The van der Waals surface area contributed by atoms with Crippen LogP contribution in [0.1, 0.15) is 18.4 Å². The van der Waals surface area contributed by atoms with Crippen LogP contribution in [-0.2, 0) is 11.3 Å².